The molecule has 1 aliphatic rings. The van der Waals surface area contributed by atoms with Crippen LogP contribution < -0.4 is 21.7 Å². The SMILES string of the molecule is NC(=O)[C@H](CCc1ccccc1)NC(=O)Nc1cccc(C(=O)N2CCNCC2)c1. The average Bonchev–Trinajstić information content (AvgIpc) is 2.77. The largest absolute Gasteiger partial charge is 0.368 e. The number of nitrogens with two attached hydrogens (primary N) is 1. The number of nitrogens with zero attached hydrogens (tertiary/aromatic N) is 1. The zero-order valence-electron chi connectivity index (χ0n) is 16.8. The van der Waals surface area contributed by atoms with Crippen molar-refractivity contribution in [3.63, 3.8) is 0 Å². The summed E-state index contributed by atoms with van der Waals surface area (Å²) in [6.45, 7) is 2.84. The zero-order chi connectivity index (χ0) is 21.3. The number of aryl methyl sites for hydroxylation is 1. The van der Waals surface area contributed by atoms with Gasteiger partial charge in [-0.05, 0) is 36.6 Å². The predicted molar refractivity (Wildman–Crippen MR) is 115 cm³/mol. The van der Waals surface area contributed by atoms with Gasteiger partial charge in [-0.3, -0.25) is 9.59 Å². The summed E-state index contributed by atoms with van der Waals surface area (Å²) in [6.07, 6.45) is 1.01. The molecule has 0 saturated carbocycles. The number of primary amides is 1. The first-order chi connectivity index (χ1) is 14.5. The Kier molecular flexibility index (Phi) is 7.40. The zero-order valence-corrected chi connectivity index (χ0v) is 16.8. The summed E-state index contributed by atoms with van der Waals surface area (Å²) in [7, 11) is 0. The summed E-state index contributed by atoms with van der Waals surface area (Å²) in [4.78, 5) is 38.6. The first-order valence-electron chi connectivity index (χ1n) is 10.0. The smallest absolute Gasteiger partial charge is 0.319 e. The molecule has 30 heavy (non-hydrogen) atoms. The van der Waals surface area contributed by atoms with Crippen molar-refractivity contribution >= 4 is 23.5 Å². The van der Waals surface area contributed by atoms with Crippen LogP contribution in [-0.2, 0) is 11.2 Å². The van der Waals surface area contributed by atoms with E-state index in [9.17, 15) is 14.4 Å². The summed E-state index contributed by atoms with van der Waals surface area (Å²) in [6, 6.07) is 15.1. The van der Waals surface area contributed by atoms with E-state index in [4.69, 9.17) is 5.73 Å². The van der Waals surface area contributed by atoms with Gasteiger partial charge >= 0.3 is 6.03 Å². The summed E-state index contributed by atoms with van der Waals surface area (Å²) in [5, 5.41) is 8.51. The second kappa shape index (κ2) is 10.4. The van der Waals surface area contributed by atoms with Gasteiger partial charge in [0.1, 0.15) is 6.04 Å². The van der Waals surface area contributed by atoms with E-state index in [1.54, 1.807) is 29.2 Å². The molecule has 5 N–H and O–H groups in total. The van der Waals surface area contributed by atoms with Crippen molar-refractivity contribution in [2.24, 2.45) is 5.73 Å². The molecular formula is C22H27N5O3. The van der Waals surface area contributed by atoms with Crippen LogP contribution in [0.15, 0.2) is 54.6 Å². The van der Waals surface area contributed by atoms with E-state index < -0.39 is 18.0 Å². The monoisotopic (exact) mass is 409 g/mol. The van der Waals surface area contributed by atoms with E-state index in [1.807, 2.05) is 30.3 Å². The van der Waals surface area contributed by atoms with Crippen LogP contribution in [0.3, 0.4) is 0 Å². The molecule has 0 spiro atoms. The van der Waals surface area contributed by atoms with E-state index >= 15 is 0 Å². The molecule has 2 aromatic carbocycles. The molecule has 8 heteroatoms. The predicted octanol–water partition coefficient (Wildman–Crippen LogP) is 1.34. The number of nitrogens with one attached hydrogen (secondary N) is 3. The third kappa shape index (κ3) is 6.05. The number of benzene rings is 2. The Morgan fingerprint density at radius 2 is 1.77 bits per heavy atom. The first-order valence-corrected chi connectivity index (χ1v) is 10.0. The summed E-state index contributed by atoms with van der Waals surface area (Å²) in [5.41, 5.74) is 7.49. The lowest BCUT2D eigenvalue weighted by Crippen LogP contribution is -2.46. The standard InChI is InChI=1S/C22H27N5O3/c23-20(28)19(10-9-16-5-2-1-3-6-16)26-22(30)25-18-8-4-7-17(15-18)21(29)27-13-11-24-12-14-27/h1-8,15,19,24H,9-14H2,(H2,23,28)(H2,25,26,30)/t19-/m0/s1. The number of carbonyl (C=O) groups is 3. The minimum Gasteiger partial charge on any atom is -0.368 e. The van der Waals surface area contributed by atoms with E-state index in [2.05, 4.69) is 16.0 Å². The third-order valence-electron chi connectivity index (χ3n) is 4.98. The van der Waals surface area contributed by atoms with Gasteiger partial charge in [0.25, 0.3) is 5.91 Å². The van der Waals surface area contributed by atoms with Gasteiger partial charge in [0, 0.05) is 37.4 Å². The summed E-state index contributed by atoms with van der Waals surface area (Å²) in [5.74, 6) is -0.665. The van der Waals surface area contributed by atoms with Crippen molar-refractivity contribution in [1.29, 1.82) is 0 Å². The lowest BCUT2D eigenvalue weighted by atomic mass is 10.1. The molecule has 4 amide bonds. The maximum atomic E-state index is 12.6. The van der Waals surface area contributed by atoms with Gasteiger partial charge in [0.2, 0.25) is 5.91 Å². The van der Waals surface area contributed by atoms with E-state index in [1.165, 1.54) is 0 Å². The molecule has 8 nitrogen and oxygen atoms in total. The summed E-state index contributed by atoms with van der Waals surface area (Å²) < 4.78 is 0. The Labute approximate surface area is 175 Å². The van der Waals surface area contributed by atoms with Crippen LogP contribution in [0.1, 0.15) is 22.3 Å². The van der Waals surface area contributed by atoms with E-state index in [-0.39, 0.29) is 5.91 Å². The van der Waals surface area contributed by atoms with E-state index in [0.29, 0.717) is 37.2 Å². The minimum atomic E-state index is -0.795. The van der Waals surface area contributed by atoms with Crippen LogP contribution in [0, 0.1) is 0 Å². The topological polar surface area (TPSA) is 117 Å². The number of amides is 4. The van der Waals surface area contributed by atoms with Crippen molar-refractivity contribution in [2.45, 2.75) is 18.9 Å². The molecule has 0 aliphatic carbocycles. The van der Waals surface area contributed by atoms with Gasteiger partial charge in [-0.1, -0.05) is 36.4 Å². The lowest BCUT2D eigenvalue weighted by Gasteiger charge is -2.27. The van der Waals surface area contributed by atoms with E-state index in [0.717, 1.165) is 18.7 Å². The first kappa shape index (κ1) is 21.3. The van der Waals surface area contributed by atoms with Crippen molar-refractivity contribution in [2.75, 3.05) is 31.5 Å². The number of piperazine rings is 1. The molecule has 0 unspecified atom stereocenters. The fraction of sp³-hybridized carbons (Fsp3) is 0.318. The Hall–Kier alpha value is -3.39. The normalized spacial score (nSPS) is 14.6. The van der Waals surface area contributed by atoms with Gasteiger partial charge in [-0.15, -0.1) is 0 Å². The molecule has 1 heterocycles. The Bertz CT molecular complexity index is 881. The van der Waals surface area contributed by atoms with Gasteiger partial charge < -0.3 is 26.6 Å². The summed E-state index contributed by atoms with van der Waals surface area (Å²) >= 11 is 0. The maximum absolute atomic E-state index is 12.6. The number of anilines is 1. The van der Waals surface area contributed by atoms with Crippen molar-refractivity contribution in [1.82, 2.24) is 15.5 Å². The fourth-order valence-electron chi connectivity index (χ4n) is 3.35. The van der Waals surface area contributed by atoms with Gasteiger partial charge in [0.15, 0.2) is 0 Å². The van der Waals surface area contributed by atoms with Crippen LogP contribution in [0.4, 0.5) is 10.5 Å². The minimum absolute atomic E-state index is 0.0709. The third-order valence-corrected chi connectivity index (χ3v) is 4.98. The Morgan fingerprint density at radius 1 is 1.03 bits per heavy atom. The Morgan fingerprint density at radius 3 is 2.47 bits per heavy atom. The number of urea groups is 1. The quantitative estimate of drug-likeness (QED) is 0.552. The molecule has 1 saturated heterocycles. The highest BCUT2D eigenvalue weighted by Gasteiger charge is 2.20. The van der Waals surface area contributed by atoms with Crippen molar-refractivity contribution < 1.29 is 14.4 Å². The molecule has 158 valence electrons. The molecule has 2 aromatic rings. The van der Waals surface area contributed by atoms with Crippen LogP contribution in [0.25, 0.3) is 0 Å². The average molecular weight is 409 g/mol. The van der Waals surface area contributed by atoms with Gasteiger partial charge in [-0.25, -0.2) is 4.79 Å². The van der Waals surface area contributed by atoms with Crippen LogP contribution in [0.2, 0.25) is 0 Å². The molecule has 1 atom stereocenters. The molecule has 0 bridgehead atoms. The molecule has 1 aliphatic heterocycles. The van der Waals surface area contributed by atoms with Gasteiger partial charge in [-0.2, -0.15) is 0 Å². The number of carbonyl (C=O) groups excluding carboxylic acids is 3. The highest BCUT2D eigenvalue weighted by molar-refractivity contribution is 5.97. The van der Waals surface area contributed by atoms with Gasteiger partial charge in [0.05, 0.1) is 0 Å². The lowest BCUT2D eigenvalue weighted by molar-refractivity contribution is -0.119. The Balaban J connectivity index is 1.57. The molecule has 0 aromatic heterocycles. The van der Waals surface area contributed by atoms with Crippen LogP contribution in [-0.4, -0.2) is 55.0 Å². The number of hydrogen-bond donors (Lipinski definition) is 4. The highest BCUT2D eigenvalue weighted by atomic mass is 16.2. The molecule has 1 fully saturated rings. The molecular weight excluding hydrogens is 382 g/mol. The molecule has 3 rings (SSSR count). The second-order valence-corrected chi connectivity index (χ2v) is 7.20. The number of rotatable bonds is 7. The van der Waals surface area contributed by atoms with Crippen molar-refractivity contribution in [3.05, 3.63) is 65.7 Å². The fourth-order valence-corrected chi connectivity index (χ4v) is 3.35. The molecule has 0 radical (unpaired) electrons. The van der Waals surface area contributed by atoms with Crippen LogP contribution in [0.5, 0.6) is 0 Å². The van der Waals surface area contributed by atoms with Crippen LogP contribution >= 0.6 is 0 Å². The second-order valence-electron chi connectivity index (χ2n) is 7.20. The maximum Gasteiger partial charge on any atom is 0.319 e. The van der Waals surface area contributed by atoms with Crippen molar-refractivity contribution in [3.8, 4) is 0 Å². The highest BCUT2D eigenvalue weighted by Crippen LogP contribution is 2.14. The number of hydrogen-bond acceptors (Lipinski definition) is 4.